The highest BCUT2D eigenvalue weighted by atomic mass is 16.5. The molecular formula is C15H19N3O3. The molecule has 0 spiro atoms. The molecule has 2 rings (SSSR count). The van der Waals surface area contributed by atoms with Gasteiger partial charge in [-0.25, -0.2) is 0 Å². The molecule has 6 heteroatoms. The third-order valence-corrected chi connectivity index (χ3v) is 2.97. The van der Waals surface area contributed by atoms with E-state index >= 15 is 0 Å². The van der Waals surface area contributed by atoms with E-state index in [2.05, 4.69) is 22.4 Å². The average Bonchev–Trinajstić information content (AvgIpc) is 3.00. The summed E-state index contributed by atoms with van der Waals surface area (Å²) in [4.78, 5) is 15.4. The Morgan fingerprint density at radius 2 is 2.10 bits per heavy atom. The average molecular weight is 289 g/mol. The van der Waals surface area contributed by atoms with E-state index in [0.717, 1.165) is 24.8 Å². The molecule has 0 fully saturated rings. The summed E-state index contributed by atoms with van der Waals surface area (Å²) in [6, 6.07) is 7.24. The second-order valence-electron chi connectivity index (χ2n) is 4.60. The molecule has 0 unspecified atom stereocenters. The summed E-state index contributed by atoms with van der Waals surface area (Å²) in [6.45, 7) is 2.12. The predicted molar refractivity (Wildman–Crippen MR) is 77.9 cm³/mol. The van der Waals surface area contributed by atoms with Crippen LogP contribution in [-0.2, 0) is 11.2 Å². The largest absolute Gasteiger partial charge is 0.484 e. The maximum atomic E-state index is 11.1. The van der Waals surface area contributed by atoms with Crippen LogP contribution in [0.5, 0.6) is 5.75 Å². The van der Waals surface area contributed by atoms with Crippen molar-refractivity contribution in [2.75, 3.05) is 13.7 Å². The van der Waals surface area contributed by atoms with Crippen molar-refractivity contribution in [1.82, 2.24) is 15.5 Å². The van der Waals surface area contributed by atoms with Crippen LogP contribution in [0.25, 0.3) is 11.4 Å². The number of unbranched alkanes of at least 4 members (excludes halogenated alkanes) is 1. The van der Waals surface area contributed by atoms with Gasteiger partial charge in [0.15, 0.2) is 6.61 Å². The van der Waals surface area contributed by atoms with Gasteiger partial charge in [-0.05, 0) is 30.7 Å². The molecule has 0 aliphatic carbocycles. The van der Waals surface area contributed by atoms with Crippen molar-refractivity contribution in [3.63, 3.8) is 0 Å². The van der Waals surface area contributed by atoms with E-state index in [1.807, 2.05) is 12.1 Å². The maximum absolute atomic E-state index is 11.1. The molecule has 0 aliphatic rings. The third kappa shape index (κ3) is 4.30. The minimum absolute atomic E-state index is 0.000771. The Hall–Kier alpha value is -2.37. The monoisotopic (exact) mass is 289 g/mol. The highest BCUT2D eigenvalue weighted by Crippen LogP contribution is 2.20. The minimum atomic E-state index is -0.169. The summed E-state index contributed by atoms with van der Waals surface area (Å²) in [5.74, 6) is 1.68. The summed E-state index contributed by atoms with van der Waals surface area (Å²) in [5, 5.41) is 6.46. The zero-order valence-corrected chi connectivity index (χ0v) is 12.3. The molecule has 2 aromatic rings. The first-order valence-electron chi connectivity index (χ1n) is 6.99. The number of carbonyl (C=O) groups excluding carboxylic acids is 1. The lowest BCUT2D eigenvalue weighted by molar-refractivity contribution is -0.122. The fourth-order valence-corrected chi connectivity index (χ4v) is 1.72. The van der Waals surface area contributed by atoms with Gasteiger partial charge in [-0.15, -0.1) is 0 Å². The van der Waals surface area contributed by atoms with Gasteiger partial charge in [-0.3, -0.25) is 4.79 Å². The summed E-state index contributed by atoms with van der Waals surface area (Å²) < 4.78 is 10.5. The van der Waals surface area contributed by atoms with Gasteiger partial charge in [0.25, 0.3) is 5.91 Å². The van der Waals surface area contributed by atoms with Crippen LogP contribution in [0.4, 0.5) is 0 Å². The number of aryl methyl sites for hydroxylation is 1. The molecule has 1 N–H and O–H groups in total. The first kappa shape index (κ1) is 15.0. The minimum Gasteiger partial charge on any atom is -0.484 e. The number of ether oxygens (including phenoxy) is 1. The number of nitrogens with zero attached hydrogens (tertiary/aromatic N) is 2. The van der Waals surface area contributed by atoms with E-state index < -0.39 is 0 Å². The zero-order chi connectivity index (χ0) is 15.1. The summed E-state index contributed by atoms with van der Waals surface area (Å²) in [6.07, 6.45) is 2.93. The van der Waals surface area contributed by atoms with Crippen LogP contribution < -0.4 is 10.1 Å². The van der Waals surface area contributed by atoms with Crippen LogP contribution in [0.15, 0.2) is 28.8 Å². The molecule has 0 atom stereocenters. The van der Waals surface area contributed by atoms with Gasteiger partial charge in [0.2, 0.25) is 11.7 Å². The highest BCUT2D eigenvalue weighted by molar-refractivity contribution is 5.77. The smallest absolute Gasteiger partial charge is 0.257 e. The van der Waals surface area contributed by atoms with E-state index in [0.29, 0.717) is 17.5 Å². The third-order valence-electron chi connectivity index (χ3n) is 2.97. The second-order valence-corrected chi connectivity index (χ2v) is 4.60. The van der Waals surface area contributed by atoms with Crippen molar-refractivity contribution < 1.29 is 14.1 Å². The molecule has 112 valence electrons. The summed E-state index contributed by atoms with van der Waals surface area (Å²) in [7, 11) is 1.57. The molecule has 6 nitrogen and oxygen atoms in total. The molecule has 1 amide bonds. The number of hydrogen-bond acceptors (Lipinski definition) is 5. The van der Waals surface area contributed by atoms with E-state index in [1.165, 1.54) is 0 Å². The second kappa shape index (κ2) is 7.42. The molecule has 0 bridgehead atoms. The number of rotatable bonds is 7. The molecule has 0 aliphatic heterocycles. The molecule has 0 saturated heterocycles. The van der Waals surface area contributed by atoms with E-state index in [1.54, 1.807) is 19.2 Å². The maximum Gasteiger partial charge on any atom is 0.257 e. The Bertz CT molecular complexity index is 578. The quantitative estimate of drug-likeness (QED) is 0.845. The van der Waals surface area contributed by atoms with Crippen molar-refractivity contribution in [3.05, 3.63) is 30.2 Å². The molecule has 0 saturated carbocycles. The molecule has 1 heterocycles. The number of carbonyl (C=O) groups is 1. The van der Waals surface area contributed by atoms with Gasteiger partial charge in [0.05, 0.1) is 0 Å². The molecular weight excluding hydrogens is 270 g/mol. The molecule has 1 aromatic heterocycles. The first-order chi connectivity index (χ1) is 10.2. The van der Waals surface area contributed by atoms with Crippen LogP contribution in [0.3, 0.4) is 0 Å². The van der Waals surface area contributed by atoms with E-state index in [4.69, 9.17) is 9.26 Å². The van der Waals surface area contributed by atoms with Crippen LogP contribution in [0.1, 0.15) is 25.7 Å². The van der Waals surface area contributed by atoms with Gasteiger partial charge in [0, 0.05) is 19.0 Å². The van der Waals surface area contributed by atoms with Crippen molar-refractivity contribution in [2.45, 2.75) is 26.2 Å². The van der Waals surface area contributed by atoms with Crippen LogP contribution >= 0.6 is 0 Å². The van der Waals surface area contributed by atoms with Crippen LogP contribution in [-0.4, -0.2) is 29.7 Å². The van der Waals surface area contributed by atoms with Crippen molar-refractivity contribution in [3.8, 4) is 17.1 Å². The van der Waals surface area contributed by atoms with Crippen molar-refractivity contribution in [1.29, 1.82) is 0 Å². The fourth-order valence-electron chi connectivity index (χ4n) is 1.72. The highest BCUT2D eigenvalue weighted by Gasteiger charge is 2.08. The number of amides is 1. The predicted octanol–water partition coefficient (Wildman–Crippen LogP) is 2.20. The Kier molecular flexibility index (Phi) is 5.31. The van der Waals surface area contributed by atoms with E-state index in [-0.39, 0.29) is 12.5 Å². The Morgan fingerprint density at radius 1 is 1.33 bits per heavy atom. The lowest BCUT2D eigenvalue weighted by atomic mass is 10.2. The number of likely N-dealkylation sites (N-methyl/N-ethyl adjacent to an activating group) is 1. The van der Waals surface area contributed by atoms with Crippen LogP contribution in [0.2, 0.25) is 0 Å². The lowest BCUT2D eigenvalue weighted by Gasteiger charge is -2.05. The van der Waals surface area contributed by atoms with Gasteiger partial charge >= 0.3 is 0 Å². The van der Waals surface area contributed by atoms with Crippen molar-refractivity contribution >= 4 is 5.91 Å². The number of benzene rings is 1. The Balaban J connectivity index is 1.98. The summed E-state index contributed by atoms with van der Waals surface area (Å²) >= 11 is 0. The SMILES string of the molecule is CCCCc1nc(-c2ccc(OCC(=O)NC)cc2)no1. The normalized spacial score (nSPS) is 10.4. The Morgan fingerprint density at radius 3 is 2.76 bits per heavy atom. The molecule has 21 heavy (non-hydrogen) atoms. The zero-order valence-electron chi connectivity index (χ0n) is 12.3. The van der Waals surface area contributed by atoms with Gasteiger partial charge in [0.1, 0.15) is 5.75 Å². The number of aromatic nitrogens is 2. The van der Waals surface area contributed by atoms with Crippen molar-refractivity contribution in [2.24, 2.45) is 0 Å². The summed E-state index contributed by atoms with van der Waals surface area (Å²) in [5.41, 5.74) is 0.855. The lowest BCUT2D eigenvalue weighted by Crippen LogP contribution is -2.24. The van der Waals surface area contributed by atoms with Gasteiger partial charge < -0.3 is 14.6 Å². The molecule has 1 aromatic carbocycles. The topological polar surface area (TPSA) is 77.2 Å². The van der Waals surface area contributed by atoms with Crippen LogP contribution in [0, 0.1) is 0 Å². The standard InChI is InChI=1S/C15H19N3O3/c1-3-4-5-14-17-15(18-21-14)11-6-8-12(9-7-11)20-10-13(19)16-2/h6-9H,3-5,10H2,1-2H3,(H,16,19). The number of hydrogen-bond donors (Lipinski definition) is 1. The Labute approximate surface area is 123 Å². The molecule has 0 radical (unpaired) electrons. The number of nitrogens with one attached hydrogen (secondary N) is 1. The van der Waals surface area contributed by atoms with E-state index in [9.17, 15) is 4.79 Å². The van der Waals surface area contributed by atoms with Gasteiger partial charge in [-0.1, -0.05) is 18.5 Å². The fraction of sp³-hybridized carbons (Fsp3) is 0.400. The first-order valence-corrected chi connectivity index (χ1v) is 6.99. The van der Waals surface area contributed by atoms with Gasteiger partial charge in [-0.2, -0.15) is 4.98 Å².